The molecule has 2 heteroatoms. The van der Waals surface area contributed by atoms with Crippen molar-refractivity contribution in [3.63, 3.8) is 0 Å². The van der Waals surface area contributed by atoms with Gasteiger partial charge in [0.15, 0.2) is 0 Å². The Hall–Kier alpha value is -0.790. The number of nitrogens with zero attached hydrogens (tertiary/aromatic N) is 1. The molecule has 0 saturated carbocycles. The van der Waals surface area contributed by atoms with Crippen LogP contribution in [0, 0.1) is 12.0 Å². The van der Waals surface area contributed by atoms with Crippen molar-refractivity contribution in [2.45, 2.75) is 26.7 Å². The van der Waals surface area contributed by atoms with Crippen LogP contribution in [0.5, 0.6) is 0 Å². The highest BCUT2D eigenvalue weighted by Crippen LogP contribution is 2.19. The molecule has 1 N–H and O–H groups in total. The second kappa shape index (κ2) is 2.86. The van der Waals surface area contributed by atoms with Gasteiger partial charge in [-0.1, -0.05) is 20.8 Å². The topological polar surface area (TPSA) is 28.7 Å². The molecule has 0 aliphatic rings. The van der Waals surface area contributed by atoms with Gasteiger partial charge in [0.2, 0.25) is 0 Å². The summed E-state index contributed by atoms with van der Waals surface area (Å²) in [5.74, 6) is 1.14. The largest absolute Gasteiger partial charge is 0.285 e. The van der Waals surface area contributed by atoms with Gasteiger partial charge in [-0.25, -0.2) is 0 Å². The predicted octanol–water partition coefficient (Wildman–Crippen LogP) is 1.97. The number of aromatic nitrogens is 2. The Morgan fingerprint density at radius 1 is 1.50 bits per heavy atom. The quantitative estimate of drug-likeness (QED) is 0.663. The second-order valence-corrected chi connectivity index (χ2v) is 2.95. The smallest absolute Gasteiger partial charge is 0.0732 e. The predicted molar refractivity (Wildman–Crippen MR) is 40.7 cm³/mol. The van der Waals surface area contributed by atoms with E-state index < -0.39 is 0 Å². The summed E-state index contributed by atoms with van der Waals surface area (Å²) in [7, 11) is 0. The standard InChI is InChI=1S/C8H13N2/c1-6(2)7(3)8-4-5-9-10-8/h5-7H,1-3H3,(H,9,10). The normalized spacial score (nSPS) is 14.0. The molecule has 0 aromatic carbocycles. The van der Waals surface area contributed by atoms with Crippen molar-refractivity contribution < 1.29 is 0 Å². The number of rotatable bonds is 2. The van der Waals surface area contributed by atoms with Crippen molar-refractivity contribution in [2.24, 2.45) is 5.92 Å². The lowest BCUT2D eigenvalue weighted by molar-refractivity contribution is 0.522. The molecule has 10 heavy (non-hydrogen) atoms. The molecule has 2 nitrogen and oxygen atoms in total. The summed E-state index contributed by atoms with van der Waals surface area (Å²) < 4.78 is 0. The van der Waals surface area contributed by atoms with Gasteiger partial charge >= 0.3 is 0 Å². The van der Waals surface area contributed by atoms with E-state index in [2.05, 4.69) is 37.0 Å². The van der Waals surface area contributed by atoms with Crippen LogP contribution in [0.4, 0.5) is 0 Å². The van der Waals surface area contributed by atoms with E-state index >= 15 is 0 Å². The number of hydrogen-bond acceptors (Lipinski definition) is 1. The summed E-state index contributed by atoms with van der Waals surface area (Å²) in [6.45, 7) is 6.54. The number of hydrogen-bond donors (Lipinski definition) is 1. The van der Waals surface area contributed by atoms with E-state index in [0.29, 0.717) is 11.8 Å². The van der Waals surface area contributed by atoms with Crippen molar-refractivity contribution in [1.29, 1.82) is 0 Å². The molecule has 55 valence electrons. The van der Waals surface area contributed by atoms with E-state index in [-0.39, 0.29) is 0 Å². The van der Waals surface area contributed by atoms with Crippen molar-refractivity contribution in [3.05, 3.63) is 18.0 Å². The molecule has 1 rings (SSSR count). The minimum atomic E-state index is 0.506. The molecule has 0 aliphatic heterocycles. The van der Waals surface area contributed by atoms with Gasteiger partial charge in [-0.05, 0) is 5.92 Å². The maximum absolute atomic E-state index is 4.06. The van der Waals surface area contributed by atoms with Crippen LogP contribution in [-0.2, 0) is 0 Å². The van der Waals surface area contributed by atoms with Crippen LogP contribution in [0.25, 0.3) is 0 Å². The average molecular weight is 137 g/mol. The Morgan fingerprint density at radius 3 is 2.60 bits per heavy atom. The fraction of sp³-hybridized carbons (Fsp3) is 0.625. The van der Waals surface area contributed by atoms with E-state index in [1.807, 2.05) is 0 Å². The van der Waals surface area contributed by atoms with Crippen molar-refractivity contribution in [1.82, 2.24) is 10.2 Å². The summed E-state index contributed by atoms with van der Waals surface area (Å²) in [5.41, 5.74) is 1.04. The molecule has 0 saturated heterocycles. The lowest BCUT2D eigenvalue weighted by atomic mass is 9.95. The Labute approximate surface area is 61.7 Å². The zero-order valence-corrected chi connectivity index (χ0v) is 6.68. The van der Waals surface area contributed by atoms with E-state index in [4.69, 9.17) is 0 Å². The first-order valence-corrected chi connectivity index (χ1v) is 3.63. The van der Waals surface area contributed by atoms with Crippen LogP contribution in [0.2, 0.25) is 0 Å². The monoisotopic (exact) mass is 137 g/mol. The van der Waals surface area contributed by atoms with Crippen molar-refractivity contribution in [2.75, 3.05) is 0 Å². The maximum atomic E-state index is 4.06. The molecule has 0 spiro atoms. The van der Waals surface area contributed by atoms with Gasteiger partial charge in [0.25, 0.3) is 0 Å². The first kappa shape index (κ1) is 7.32. The summed E-state index contributed by atoms with van der Waals surface area (Å²) in [5, 5.41) is 6.82. The Morgan fingerprint density at radius 2 is 2.20 bits per heavy atom. The van der Waals surface area contributed by atoms with Gasteiger partial charge in [0.1, 0.15) is 0 Å². The zero-order chi connectivity index (χ0) is 7.56. The third kappa shape index (κ3) is 1.38. The molecule has 0 amide bonds. The zero-order valence-electron chi connectivity index (χ0n) is 6.68. The van der Waals surface area contributed by atoms with Gasteiger partial charge in [-0.3, -0.25) is 5.10 Å². The molecular weight excluding hydrogens is 124 g/mol. The third-order valence-electron chi connectivity index (χ3n) is 1.90. The first-order chi connectivity index (χ1) is 4.72. The third-order valence-corrected chi connectivity index (χ3v) is 1.90. The summed E-state index contributed by atoms with van der Waals surface area (Å²) in [6.07, 6.45) is 1.74. The molecule has 1 atom stereocenters. The van der Waals surface area contributed by atoms with Crippen molar-refractivity contribution >= 4 is 0 Å². The van der Waals surface area contributed by atoms with Crippen LogP contribution in [0.1, 0.15) is 32.4 Å². The van der Waals surface area contributed by atoms with Gasteiger partial charge in [0.05, 0.1) is 5.69 Å². The molecule has 1 unspecified atom stereocenters. The molecule has 1 aromatic heterocycles. The SMILES string of the molecule is CC(C)C(C)c1[c]c[nH]n1. The molecular formula is C8H13N2. The summed E-state index contributed by atoms with van der Waals surface area (Å²) >= 11 is 0. The van der Waals surface area contributed by atoms with Crippen LogP contribution < -0.4 is 0 Å². The summed E-state index contributed by atoms with van der Waals surface area (Å²) in [6, 6.07) is 3.05. The van der Waals surface area contributed by atoms with Gasteiger partial charge in [0, 0.05) is 18.2 Å². The second-order valence-electron chi connectivity index (χ2n) is 2.95. The average Bonchev–Trinajstić information content (AvgIpc) is 2.36. The Bertz CT molecular complexity index is 177. The Balaban J connectivity index is 2.68. The van der Waals surface area contributed by atoms with Crippen LogP contribution in [-0.4, -0.2) is 10.2 Å². The maximum Gasteiger partial charge on any atom is 0.0732 e. The minimum Gasteiger partial charge on any atom is -0.285 e. The van der Waals surface area contributed by atoms with Gasteiger partial charge in [-0.2, -0.15) is 5.10 Å². The van der Waals surface area contributed by atoms with E-state index in [0.717, 1.165) is 5.69 Å². The van der Waals surface area contributed by atoms with E-state index in [1.165, 1.54) is 0 Å². The lowest BCUT2D eigenvalue weighted by Gasteiger charge is -2.10. The first-order valence-electron chi connectivity index (χ1n) is 3.63. The molecule has 1 heterocycles. The fourth-order valence-electron chi connectivity index (χ4n) is 0.789. The van der Waals surface area contributed by atoms with Crippen LogP contribution in [0.15, 0.2) is 6.20 Å². The summed E-state index contributed by atoms with van der Waals surface area (Å²) in [4.78, 5) is 0. The number of nitrogens with one attached hydrogen (secondary N) is 1. The highest BCUT2D eigenvalue weighted by Gasteiger charge is 2.10. The fourth-order valence-corrected chi connectivity index (χ4v) is 0.789. The van der Waals surface area contributed by atoms with Gasteiger partial charge < -0.3 is 0 Å². The number of H-pyrrole nitrogens is 1. The molecule has 1 aromatic rings. The van der Waals surface area contributed by atoms with E-state index in [9.17, 15) is 0 Å². The van der Waals surface area contributed by atoms with Crippen molar-refractivity contribution in [3.8, 4) is 0 Å². The van der Waals surface area contributed by atoms with E-state index in [1.54, 1.807) is 6.20 Å². The highest BCUT2D eigenvalue weighted by molar-refractivity contribution is 5.02. The highest BCUT2D eigenvalue weighted by atomic mass is 15.1. The molecule has 1 radical (unpaired) electrons. The lowest BCUT2D eigenvalue weighted by Crippen LogP contribution is -2.02. The molecule has 0 aliphatic carbocycles. The van der Waals surface area contributed by atoms with Gasteiger partial charge in [-0.15, -0.1) is 0 Å². The van der Waals surface area contributed by atoms with Crippen LogP contribution in [0.3, 0.4) is 0 Å². The van der Waals surface area contributed by atoms with Crippen LogP contribution >= 0.6 is 0 Å². The molecule has 0 bridgehead atoms. The number of aromatic amines is 1. The molecule has 0 fully saturated rings. The minimum absolute atomic E-state index is 0.506. The Kier molecular flexibility index (Phi) is 2.10.